The van der Waals surface area contributed by atoms with Crippen LogP contribution in [0, 0.1) is 0 Å². The fourth-order valence-corrected chi connectivity index (χ4v) is 3.42. The molecule has 2 rings (SSSR count). The molecule has 0 amide bonds. The molecule has 0 aliphatic rings. The van der Waals surface area contributed by atoms with Gasteiger partial charge in [-0.3, -0.25) is 0 Å². The molecule has 0 radical (unpaired) electrons. The van der Waals surface area contributed by atoms with Crippen LogP contribution in [0.15, 0.2) is 45.3 Å². The Bertz CT molecular complexity index is 716. The Kier molecular flexibility index (Phi) is 7.02. The average Bonchev–Trinajstić information content (AvgIpc) is 2.59. The SMILES string of the molecule is COCOc1c(Br)cc(/C=C/c2ccc(C(=O)OC)cc2)cc1Br. The van der Waals surface area contributed by atoms with Crippen LogP contribution in [0.4, 0.5) is 0 Å². The topological polar surface area (TPSA) is 44.8 Å². The fraction of sp³-hybridized carbons (Fsp3) is 0.167. The van der Waals surface area contributed by atoms with Gasteiger partial charge in [-0.1, -0.05) is 24.3 Å². The molecule has 0 fully saturated rings. The molecule has 0 aliphatic heterocycles. The Morgan fingerprint density at radius 1 is 1.00 bits per heavy atom. The van der Waals surface area contributed by atoms with Crippen molar-refractivity contribution in [2.24, 2.45) is 0 Å². The van der Waals surface area contributed by atoms with Crippen LogP contribution in [-0.4, -0.2) is 27.0 Å². The molecule has 0 spiro atoms. The molecule has 0 saturated carbocycles. The Labute approximate surface area is 157 Å². The quantitative estimate of drug-likeness (QED) is 0.343. The van der Waals surface area contributed by atoms with E-state index in [-0.39, 0.29) is 12.8 Å². The minimum atomic E-state index is -0.343. The third-order valence-corrected chi connectivity index (χ3v) is 4.32. The monoisotopic (exact) mass is 454 g/mol. The molecule has 0 bridgehead atoms. The molecule has 0 aromatic heterocycles. The predicted octanol–water partition coefficient (Wildman–Crippen LogP) is 5.15. The maximum absolute atomic E-state index is 11.4. The van der Waals surface area contributed by atoms with E-state index >= 15 is 0 Å². The molecule has 0 saturated heterocycles. The molecule has 6 heteroatoms. The summed E-state index contributed by atoms with van der Waals surface area (Å²) in [6.45, 7) is 0.179. The highest BCUT2D eigenvalue weighted by Gasteiger charge is 2.08. The molecule has 0 unspecified atom stereocenters. The summed E-state index contributed by atoms with van der Waals surface area (Å²) in [6.07, 6.45) is 3.94. The van der Waals surface area contributed by atoms with Crippen molar-refractivity contribution < 1.29 is 19.0 Å². The summed E-state index contributed by atoms with van der Waals surface area (Å²) in [4.78, 5) is 11.4. The average molecular weight is 456 g/mol. The van der Waals surface area contributed by atoms with E-state index < -0.39 is 0 Å². The Balaban J connectivity index is 2.15. The molecule has 0 N–H and O–H groups in total. The van der Waals surface area contributed by atoms with Gasteiger partial charge >= 0.3 is 5.97 Å². The van der Waals surface area contributed by atoms with Crippen molar-refractivity contribution in [3.63, 3.8) is 0 Å². The first-order valence-electron chi connectivity index (χ1n) is 7.02. The lowest BCUT2D eigenvalue weighted by molar-refractivity contribution is 0.0500. The summed E-state index contributed by atoms with van der Waals surface area (Å²) in [5, 5.41) is 0. The van der Waals surface area contributed by atoms with Crippen molar-refractivity contribution in [3.05, 3.63) is 62.0 Å². The largest absolute Gasteiger partial charge is 0.465 e. The van der Waals surface area contributed by atoms with Crippen LogP contribution >= 0.6 is 31.9 Å². The number of rotatable bonds is 6. The standard InChI is InChI=1S/C18H16Br2O4/c1-22-11-24-17-15(19)9-13(10-16(17)20)4-3-12-5-7-14(8-6-12)18(21)23-2/h3-10H,11H2,1-2H3/b4-3+. The first-order valence-corrected chi connectivity index (χ1v) is 8.61. The second-order valence-electron chi connectivity index (χ2n) is 4.81. The van der Waals surface area contributed by atoms with Crippen LogP contribution in [0.1, 0.15) is 21.5 Å². The second kappa shape index (κ2) is 9.01. The van der Waals surface area contributed by atoms with E-state index in [4.69, 9.17) is 9.47 Å². The van der Waals surface area contributed by atoms with Crippen LogP contribution < -0.4 is 4.74 Å². The Hall–Kier alpha value is -1.63. The van der Waals surface area contributed by atoms with Crippen molar-refractivity contribution >= 4 is 50.0 Å². The lowest BCUT2D eigenvalue weighted by Gasteiger charge is -2.10. The van der Waals surface area contributed by atoms with E-state index in [1.54, 1.807) is 19.2 Å². The van der Waals surface area contributed by atoms with Gasteiger partial charge in [-0.2, -0.15) is 0 Å². The summed E-state index contributed by atoms with van der Waals surface area (Å²) in [5.41, 5.74) is 2.50. The van der Waals surface area contributed by atoms with Gasteiger partial charge in [0, 0.05) is 7.11 Å². The smallest absolute Gasteiger partial charge is 0.337 e. The zero-order valence-corrected chi connectivity index (χ0v) is 16.4. The van der Waals surface area contributed by atoms with E-state index in [9.17, 15) is 4.79 Å². The number of methoxy groups -OCH3 is 2. The highest BCUT2D eigenvalue weighted by Crippen LogP contribution is 2.35. The van der Waals surface area contributed by atoms with Gasteiger partial charge in [0.15, 0.2) is 12.5 Å². The molecule has 0 atom stereocenters. The molecule has 4 nitrogen and oxygen atoms in total. The zero-order chi connectivity index (χ0) is 17.5. The summed E-state index contributed by atoms with van der Waals surface area (Å²) in [6, 6.07) is 11.1. The first-order chi connectivity index (χ1) is 11.5. The summed E-state index contributed by atoms with van der Waals surface area (Å²) in [5.74, 6) is 0.349. The molecule has 0 heterocycles. The van der Waals surface area contributed by atoms with Crippen LogP contribution in [0.3, 0.4) is 0 Å². The summed E-state index contributed by atoms with van der Waals surface area (Å²) >= 11 is 6.98. The van der Waals surface area contributed by atoms with E-state index in [0.717, 1.165) is 20.1 Å². The van der Waals surface area contributed by atoms with Gasteiger partial charge < -0.3 is 14.2 Å². The lowest BCUT2D eigenvalue weighted by atomic mass is 10.1. The number of esters is 1. The normalized spacial score (nSPS) is 10.8. The van der Waals surface area contributed by atoms with Gasteiger partial charge in [0.25, 0.3) is 0 Å². The van der Waals surface area contributed by atoms with Crippen molar-refractivity contribution in [2.45, 2.75) is 0 Å². The number of hydrogen-bond acceptors (Lipinski definition) is 4. The number of benzene rings is 2. The number of ether oxygens (including phenoxy) is 3. The van der Waals surface area contributed by atoms with E-state index in [2.05, 4.69) is 36.6 Å². The minimum Gasteiger partial charge on any atom is -0.465 e. The third-order valence-electron chi connectivity index (χ3n) is 3.14. The minimum absolute atomic E-state index is 0.179. The molecule has 24 heavy (non-hydrogen) atoms. The maximum Gasteiger partial charge on any atom is 0.337 e. The predicted molar refractivity (Wildman–Crippen MR) is 101 cm³/mol. The number of halogens is 2. The van der Waals surface area contributed by atoms with Gasteiger partial charge in [-0.25, -0.2) is 4.79 Å². The van der Waals surface area contributed by atoms with Gasteiger partial charge in [0.1, 0.15) is 0 Å². The van der Waals surface area contributed by atoms with Gasteiger partial charge in [0.05, 0.1) is 21.6 Å². The van der Waals surface area contributed by atoms with Crippen molar-refractivity contribution in [1.29, 1.82) is 0 Å². The number of hydrogen-bond donors (Lipinski definition) is 0. The summed E-state index contributed by atoms with van der Waals surface area (Å²) in [7, 11) is 2.94. The van der Waals surface area contributed by atoms with Crippen molar-refractivity contribution in [1.82, 2.24) is 0 Å². The molecular formula is C18H16Br2O4. The van der Waals surface area contributed by atoms with E-state index in [1.165, 1.54) is 7.11 Å². The fourth-order valence-electron chi connectivity index (χ4n) is 1.97. The van der Waals surface area contributed by atoms with Crippen LogP contribution in [-0.2, 0) is 9.47 Å². The van der Waals surface area contributed by atoms with E-state index in [1.807, 2.05) is 36.4 Å². The molecule has 0 aliphatic carbocycles. The van der Waals surface area contributed by atoms with Gasteiger partial charge in [-0.05, 0) is 67.3 Å². The molecule has 2 aromatic carbocycles. The second-order valence-corrected chi connectivity index (χ2v) is 6.52. The molecule has 2 aromatic rings. The van der Waals surface area contributed by atoms with Crippen LogP contribution in [0.5, 0.6) is 5.75 Å². The lowest BCUT2D eigenvalue weighted by Crippen LogP contribution is -2.00. The van der Waals surface area contributed by atoms with Crippen molar-refractivity contribution in [3.8, 4) is 5.75 Å². The van der Waals surface area contributed by atoms with Crippen LogP contribution in [0.2, 0.25) is 0 Å². The summed E-state index contributed by atoms with van der Waals surface area (Å²) < 4.78 is 16.8. The molecular weight excluding hydrogens is 440 g/mol. The molecule has 126 valence electrons. The van der Waals surface area contributed by atoms with Gasteiger partial charge in [0.2, 0.25) is 0 Å². The highest BCUT2D eigenvalue weighted by atomic mass is 79.9. The van der Waals surface area contributed by atoms with Crippen molar-refractivity contribution in [2.75, 3.05) is 21.0 Å². The highest BCUT2D eigenvalue weighted by molar-refractivity contribution is 9.11. The number of carbonyl (C=O) groups is 1. The Morgan fingerprint density at radius 2 is 1.58 bits per heavy atom. The Morgan fingerprint density at radius 3 is 2.12 bits per heavy atom. The van der Waals surface area contributed by atoms with E-state index in [0.29, 0.717) is 11.3 Å². The first kappa shape index (κ1) is 18.7. The number of carbonyl (C=O) groups excluding carboxylic acids is 1. The zero-order valence-electron chi connectivity index (χ0n) is 13.2. The van der Waals surface area contributed by atoms with Gasteiger partial charge in [-0.15, -0.1) is 0 Å². The maximum atomic E-state index is 11.4. The third kappa shape index (κ3) is 4.93. The van der Waals surface area contributed by atoms with Crippen LogP contribution in [0.25, 0.3) is 12.2 Å².